The summed E-state index contributed by atoms with van der Waals surface area (Å²) < 4.78 is 0. The fraction of sp³-hybridized carbons (Fsp3) is 0.650. The molecule has 2 heteroatoms. The van der Waals surface area contributed by atoms with Crippen LogP contribution in [0.2, 0.25) is 0 Å². The summed E-state index contributed by atoms with van der Waals surface area (Å²) in [5, 5.41) is 3.18. The molecule has 118 valence electrons. The molecule has 0 atom stereocenters. The van der Waals surface area contributed by atoms with Crippen LogP contribution in [-0.4, -0.2) is 12.5 Å². The number of benzene rings is 1. The van der Waals surface area contributed by atoms with Gasteiger partial charge >= 0.3 is 0 Å². The van der Waals surface area contributed by atoms with Gasteiger partial charge in [-0.05, 0) is 86.7 Å². The lowest BCUT2D eigenvalue weighted by atomic mass is 9.49. The third kappa shape index (κ3) is 2.57. The number of nitrogens with one attached hydrogen (secondary N) is 1. The number of hydrogen-bond acceptors (Lipinski definition) is 1. The van der Waals surface area contributed by atoms with E-state index in [4.69, 9.17) is 0 Å². The minimum Gasteiger partial charge on any atom is -0.352 e. The van der Waals surface area contributed by atoms with Gasteiger partial charge in [0.2, 0.25) is 0 Å². The maximum Gasteiger partial charge on any atom is 0.251 e. The highest BCUT2D eigenvalue weighted by Gasteiger charge is 2.50. The molecule has 1 amide bonds. The Balaban J connectivity index is 1.36. The monoisotopic (exact) mass is 297 g/mol. The zero-order valence-electron chi connectivity index (χ0n) is 13.6. The molecule has 2 nitrogen and oxygen atoms in total. The molecular weight excluding hydrogens is 270 g/mol. The van der Waals surface area contributed by atoms with Crippen molar-refractivity contribution in [2.45, 2.75) is 51.9 Å². The zero-order chi connectivity index (χ0) is 15.2. The highest BCUT2D eigenvalue weighted by atomic mass is 16.1. The Labute approximate surface area is 133 Å². The van der Waals surface area contributed by atoms with Gasteiger partial charge in [0.15, 0.2) is 0 Å². The van der Waals surface area contributed by atoms with Gasteiger partial charge in [0, 0.05) is 12.1 Å². The van der Waals surface area contributed by atoms with E-state index in [1.165, 1.54) is 44.9 Å². The number of amides is 1. The van der Waals surface area contributed by atoms with Gasteiger partial charge in [-0.1, -0.05) is 18.2 Å². The molecular formula is C20H27NO. The summed E-state index contributed by atoms with van der Waals surface area (Å²) in [6.07, 6.45) is 9.96. The van der Waals surface area contributed by atoms with Gasteiger partial charge in [0.1, 0.15) is 0 Å². The molecule has 0 radical (unpaired) electrons. The molecule has 4 fully saturated rings. The van der Waals surface area contributed by atoms with Crippen LogP contribution in [0.5, 0.6) is 0 Å². The molecule has 5 rings (SSSR count). The molecule has 1 N–H and O–H groups in total. The van der Waals surface area contributed by atoms with E-state index in [9.17, 15) is 4.79 Å². The number of rotatable bonds is 4. The molecule has 0 heterocycles. The molecule has 4 aliphatic rings. The number of carbonyl (C=O) groups is 1. The van der Waals surface area contributed by atoms with Crippen LogP contribution in [0.1, 0.15) is 60.9 Å². The second kappa shape index (κ2) is 5.40. The molecule has 0 spiro atoms. The van der Waals surface area contributed by atoms with Crippen LogP contribution in [0.3, 0.4) is 0 Å². The van der Waals surface area contributed by atoms with Gasteiger partial charge in [0.05, 0.1) is 0 Å². The van der Waals surface area contributed by atoms with E-state index in [2.05, 4.69) is 5.32 Å². The number of carbonyl (C=O) groups excluding carboxylic acids is 1. The highest BCUT2D eigenvalue weighted by Crippen LogP contribution is 2.61. The van der Waals surface area contributed by atoms with Crippen molar-refractivity contribution in [3.05, 3.63) is 35.4 Å². The van der Waals surface area contributed by atoms with Crippen LogP contribution in [0.25, 0.3) is 0 Å². The highest BCUT2D eigenvalue weighted by molar-refractivity contribution is 5.95. The Kier molecular flexibility index (Phi) is 3.51. The molecule has 22 heavy (non-hydrogen) atoms. The lowest BCUT2D eigenvalue weighted by molar-refractivity contribution is -0.0564. The molecule has 4 saturated carbocycles. The molecule has 0 unspecified atom stereocenters. The van der Waals surface area contributed by atoms with Gasteiger partial charge in [-0.3, -0.25) is 4.79 Å². The van der Waals surface area contributed by atoms with Crippen molar-refractivity contribution in [3.63, 3.8) is 0 Å². The number of hydrogen-bond donors (Lipinski definition) is 1. The summed E-state index contributed by atoms with van der Waals surface area (Å²) >= 11 is 0. The average molecular weight is 297 g/mol. The van der Waals surface area contributed by atoms with Crippen molar-refractivity contribution in [1.82, 2.24) is 5.32 Å². The second-order valence-electron chi connectivity index (χ2n) is 8.24. The summed E-state index contributed by atoms with van der Waals surface area (Å²) in [5.74, 6) is 3.10. The third-order valence-electron chi connectivity index (χ3n) is 6.50. The first kappa shape index (κ1) is 14.3. The summed E-state index contributed by atoms with van der Waals surface area (Å²) in [7, 11) is 0. The van der Waals surface area contributed by atoms with Crippen LogP contribution < -0.4 is 5.32 Å². The fourth-order valence-corrected chi connectivity index (χ4v) is 5.96. The van der Waals surface area contributed by atoms with Crippen molar-refractivity contribution in [3.8, 4) is 0 Å². The smallest absolute Gasteiger partial charge is 0.251 e. The normalized spacial score (nSPS) is 35.6. The van der Waals surface area contributed by atoms with E-state index in [1.807, 2.05) is 31.2 Å². The summed E-state index contributed by atoms with van der Waals surface area (Å²) in [5.41, 5.74) is 2.45. The van der Waals surface area contributed by atoms with E-state index in [0.29, 0.717) is 5.41 Å². The fourth-order valence-electron chi connectivity index (χ4n) is 5.96. The lowest BCUT2D eigenvalue weighted by Gasteiger charge is -2.57. The predicted molar refractivity (Wildman–Crippen MR) is 88.7 cm³/mol. The maximum absolute atomic E-state index is 12.3. The second-order valence-corrected chi connectivity index (χ2v) is 8.24. The Hall–Kier alpha value is -1.31. The van der Waals surface area contributed by atoms with Crippen molar-refractivity contribution < 1.29 is 4.79 Å². The maximum atomic E-state index is 12.3. The van der Waals surface area contributed by atoms with Crippen molar-refractivity contribution in [2.75, 3.05) is 6.54 Å². The Morgan fingerprint density at radius 1 is 1.09 bits per heavy atom. The van der Waals surface area contributed by atoms with Crippen molar-refractivity contribution in [2.24, 2.45) is 23.2 Å². The predicted octanol–water partition coefficient (Wildman–Crippen LogP) is 4.33. The van der Waals surface area contributed by atoms with Gasteiger partial charge < -0.3 is 5.32 Å². The van der Waals surface area contributed by atoms with Gasteiger partial charge in [-0.2, -0.15) is 0 Å². The molecule has 4 aliphatic carbocycles. The van der Waals surface area contributed by atoms with E-state index in [-0.39, 0.29) is 5.91 Å². The van der Waals surface area contributed by atoms with Crippen LogP contribution in [-0.2, 0) is 0 Å². The minimum atomic E-state index is 0.0998. The summed E-state index contributed by atoms with van der Waals surface area (Å²) in [6.45, 7) is 2.85. The topological polar surface area (TPSA) is 29.1 Å². The first-order valence-electron chi connectivity index (χ1n) is 8.97. The number of aryl methyl sites for hydroxylation is 1. The largest absolute Gasteiger partial charge is 0.352 e. The molecule has 1 aromatic carbocycles. The van der Waals surface area contributed by atoms with Gasteiger partial charge in [0.25, 0.3) is 5.91 Å². The minimum absolute atomic E-state index is 0.0998. The standard InChI is InChI=1S/C20H27NO/c1-14-4-2-3-5-18(14)19(22)21-7-6-20-11-15-8-16(12-20)10-17(9-15)13-20/h2-5,15-17H,6-13H2,1H3,(H,21,22). The van der Waals surface area contributed by atoms with E-state index in [0.717, 1.165) is 35.4 Å². The molecule has 0 aromatic heterocycles. The van der Waals surface area contributed by atoms with Crippen LogP contribution in [0.4, 0.5) is 0 Å². The molecule has 0 aliphatic heterocycles. The van der Waals surface area contributed by atoms with Crippen molar-refractivity contribution >= 4 is 5.91 Å². The van der Waals surface area contributed by atoms with E-state index in [1.54, 1.807) is 0 Å². The SMILES string of the molecule is Cc1ccccc1C(=O)NCCC12CC3CC(CC(C3)C1)C2. The first-order valence-corrected chi connectivity index (χ1v) is 8.97. The Bertz CT molecular complexity index is 542. The van der Waals surface area contributed by atoms with E-state index < -0.39 is 0 Å². The Morgan fingerprint density at radius 2 is 1.68 bits per heavy atom. The third-order valence-corrected chi connectivity index (χ3v) is 6.50. The summed E-state index contributed by atoms with van der Waals surface area (Å²) in [4.78, 5) is 12.3. The van der Waals surface area contributed by atoms with E-state index >= 15 is 0 Å². The van der Waals surface area contributed by atoms with Crippen molar-refractivity contribution in [1.29, 1.82) is 0 Å². The first-order chi connectivity index (χ1) is 10.6. The van der Waals surface area contributed by atoms with Gasteiger partial charge in [-0.25, -0.2) is 0 Å². The molecule has 1 aromatic rings. The van der Waals surface area contributed by atoms with Crippen LogP contribution in [0, 0.1) is 30.1 Å². The average Bonchev–Trinajstić information content (AvgIpc) is 2.46. The summed E-state index contributed by atoms with van der Waals surface area (Å²) in [6, 6.07) is 7.87. The lowest BCUT2D eigenvalue weighted by Crippen LogP contribution is -2.47. The Morgan fingerprint density at radius 3 is 2.27 bits per heavy atom. The molecule has 4 bridgehead atoms. The van der Waals surface area contributed by atoms with Gasteiger partial charge in [-0.15, -0.1) is 0 Å². The zero-order valence-corrected chi connectivity index (χ0v) is 13.6. The molecule has 0 saturated heterocycles. The van der Waals surface area contributed by atoms with Crippen LogP contribution >= 0.6 is 0 Å². The van der Waals surface area contributed by atoms with Crippen LogP contribution in [0.15, 0.2) is 24.3 Å². The quantitative estimate of drug-likeness (QED) is 0.880.